The van der Waals surface area contributed by atoms with Crippen LogP contribution >= 0.6 is 23.8 Å². The molecule has 1 aromatic carbocycles. The summed E-state index contributed by atoms with van der Waals surface area (Å²) in [4.78, 5) is 14.6. The first-order valence-corrected chi connectivity index (χ1v) is 6.97. The smallest absolute Gasteiger partial charge is 0.255 e. The third-order valence-corrected chi connectivity index (χ3v) is 3.36. The van der Waals surface area contributed by atoms with Gasteiger partial charge in [-0.2, -0.15) is 0 Å². The molecule has 0 unspecified atom stereocenters. The number of hydrogen-bond acceptors (Lipinski definition) is 2. The number of carbonyl (C=O) groups is 1. The molecule has 0 bridgehead atoms. The van der Waals surface area contributed by atoms with Crippen molar-refractivity contribution in [3.8, 4) is 0 Å². The summed E-state index contributed by atoms with van der Waals surface area (Å²) in [6.07, 6.45) is 0.517. The molecule has 0 atom stereocenters. The van der Waals surface area contributed by atoms with Crippen molar-refractivity contribution in [3.05, 3.63) is 34.3 Å². The number of hydrogen-bond donors (Lipinski definition) is 1. The van der Waals surface area contributed by atoms with Gasteiger partial charge in [0, 0.05) is 19.0 Å². The molecule has 0 fully saturated rings. The highest BCUT2D eigenvalue weighted by atomic mass is 35.5. The van der Waals surface area contributed by atoms with Crippen molar-refractivity contribution in [2.75, 3.05) is 6.54 Å². The Morgan fingerprint density at radius 3 is 2.58 bits per heavy atom. The second-order valence-corrected chi connectivity index (χ2v) is 5.72. The summed E-state index contributed by atoms with van der Waals surface area (Å²) in [6, 6.07) is 5.50. The van der Waals surface area contributed by atoms with E-state index in [2.05, 4.69) is 0 Å². The molecule has 0 saturated carbocycles. The highest BCUT2D eigenvalue weighted by Gasteiger charge is 2.20. The summed E-state index contributed by atoms with van der Waals surface area (Å²) in [6.45, 7) is 6.36. The van der Waals surface area contributed by atoms with Crippen molar-refractivity contribution in [2.45, 2.75) is 33.2 Å². The molecule has 3 nitrogen and oxygen atoms in total. The zero-order valence-electron chi connectivity index (χ0n) is 11.4. The number of nitrogens with two attached hydrogens (primary N) is 1. The summed E-state index contributed by atoms with van der Waals surface area (Å²) in [5, 5.41) is 0.478. The van der Waals surface area contributed by atoms with Crippen molar-refractivity contribution < 1.29 is 4.79 Å². The molecule has 0 aromatic heterocycles. The number of carbonyl (C=O) groups excluding carboxylic acids is 1. The maximum atomic E-state index is 12.5. The zero-order valence-corrected chi connectivity index (χ0v) is 13.0. The molecule has 104 valence electrons. The molecular formula is C14H19ClN2OS. The predicted octanol–water partition coefficient (Wildman–Crippen LogP) is 3.18. The molecule has 0 saturated heterocycles. The average molecular weight is 299 g/mol. The Balaban J connectivity index is 2.95. The Morgan fingerprint density at radius 2 is 2.11 bits per heavy atom. The summed E-state index contributed by atoms with van der Waals surface area (Å²) >= 11 is 11.0. The van der Waals surface area contributed by atoms with Crippen LogP contribution in [-0.4, -0.2) is 28.4 Å². The zero-order chi connectivity index (χ0) is 14.6. The minimum atomic E-state index is -0.0868. The van der Waals surface area contributed by atoms with Gasteiger partial charge < -0.3 is 10.6 Å². The maximum Gasteiger partial charge on any atom is 0.255 e. The van der Waals surface area contributed by atoms with Crippen LogP contribution in [0.3, 0.4) is 0 Å². The molecule has 0 spiro atoms. The van der Waals surface area contributed by atoms with Crippen LogP contribution < -0.4 is 5.73 Å². The highest BCUT2D eigenvalue weighted by Crippen LogP contribution is 2.20. The van der Waals surface area contributed by atoms with Gasteiger partial charge in [0.25, 0.3) is 5.91 Å². The fourth-order valence-corrected chi connectivity index (χ4v) is 2.18. The molecule has 1 rings (SSSR count). The van der Waals surface area contributed by atoms with Gasteiger partial charge in [-0.25, -0.2) is 0 Å². The summed E-state index contributed by atoms with van der Waals surface area (Å²) in [7, 11) is 0. The number of amides is 1. The second kappa shape index (κ2) is 6.87. The lowest BCUT2D eigenvalue weighted by atomic mass is 10.1. The SMILES string of the molecule is Cc1ccc(C(=O)N(CCC(N)=S)C(C)C)c(Cl)c1. The van der Waals surface area contributed by atoms with Crippen molar-refractivity contribution in [3.63, 3.8) is 0 Å². The van der Waals surface area contributed by atoms with Gasteiger partial charge in [0.2, 0.25) is 0 Å². The first-order valence-electron chi connectivity index (χ1n) is 6.18. The number of halogens is 1. The molecule has 0 heterocycles. The van der Waals surface area contributed by atoms with Crippen molar-refractivity contribution >= 4 is 34.7 Å². The fourth-order valence-electron chi connectivity index (χ4n) is 1.77. The van der Waals surface area contributed by atoms with Crippen LogP contribution in [0.5, 0.6) is 0 Å². The van der Waals surface area contributed by atoms with Crippen LogP contribution in [0, 0.1) is 6.92 Å². The van der Waals surface area contributed by atoms with Crippen molar-refractivity contribution in [1.82, 2.24) is 4.90 Å². The molecule has 0 aliphatic rings. The number of aryl methyl sites for hydroxylation is 1. The molecule has 1 amide bonds. The van der Waals surface area contributed by atoms with E-state index < -0.39 is 0 Å². The van der Waals surface area contributed by atoms with Crippen molar-refractivity contribution in [1.29, 1.82) is 0 Å². The molecule has 19 heavy (non-hydrogen) atoms. The Hall–Kier alpha value is -1.13. The molecule has 1 aromatic rings. The molecule has 2 N–H and O–H groups in total. The van der Waals surface area contributed by atoms with Crippen LogP contribution in [0.15, 0.2) is 18.2 Å². The lowest BCUT2D eigenvalue weighted by Crippen LogP contribution is -2.39. The van der Waals surface area contributed by atoms with E-state index in [1.165, 1.54) is 0 Å². The lowest BCUT2D eigenvalue weighted by Gasteiger charge is -2.27. The number of nitrogens with zero attached hydrogens (tertiary/aromatic N) is 1. The van der Waals surface area contributed by atoms with Gasteiger partial charge >= 0.3 is 0 Å². The van der Waals surface area contributed by atoms with Gasteiger partial charge in [-0.3, -0.25) is 4.79 Å². The van der Waals surface area contributed by atoms with E-state index in [0.29, 0.717) is 28.5 Å². The molecule has 0 radical (unpaired) electrons. The topological polar surface area (TPSA) is 46.3 Å². The highest BCUT2D eigenvalue weighted by molar-refractivity contribution is 7.80. The van der Waals surface area contributed by atoms with Gasteiger partial charge in [-0.15, -0.1) is 0 Å². The molecule has 5 heteroatoms. The van der Waals surface area contributed by atoms with E-state index in [9.17, 15) is 4.79 Å². The summed E-state index contributed by atoms with van der Waals surface area (Å²) < 4.78 is 0. The quantitative estimate of drug-likeness (QED) is 0.849. The van der Waals surface area contributed by atoms with Crippen LogP contribution in [0.1, 0.15) is 36.2 Å². The summed E-state index contributed by atoms with van der Waals surface area (Å²) in [5.74, 6) is -0.0868. The Labute approximate surface area is 124 Å². The van der Waals surface area contributed by atoms with Crippen LogP contribution in [0.2, 0.25) is 5.02 Å². The third-order valence-electron chi connectivity index (χ3n) is 2.84. The molecule has 0 aliphatic carbocycles. The number of benzene rings is 1. The normalized spacial score (nSPS) is 10.6. The van der Waals surface area contributed by atoms with E-state index in [0.717, 1.165) is 5.56 Å². The maximum absolute atomic E-state index is 12.5. The van der Waals surface area contributed by atoms with Gasteiger partial charge in [0.15, 0.2) is 0 Å². The van der Waals surface area contributed by atoms with E-state index in [-0.39, 0.29) is 11.9 Å². The molecule has 0 aliphatic heterocycles. The Bertz CT molecular complexity index is 488. The summed E-state index contributed by atoms with van der Waals surface area (Å²) in [5.41, 5.74) is 7.04. The van der Waals surface area contributed by atoms with Crippen LogP contribution in [-0.2, 0) is 0 Å². The predicted molar refractivity (Wildman–Crippen MR) is 83.8 cm³/mol. The van der Waals surface area contributed by atoms with E-state index >= 15 is 0 Å². The van der Waals surface area contributed by atoms with Gasteiger partial charge in [-0.05, 0) is 38.5 Å². The first kappa shape index (κ1) is 15.9. The first-order chi connectivity index (χ1) is 8.82. The largest absolute Gasteiger partial charge is 0.393 e. The second-order valence-electron chi connectivity index (χ2n) is 4.79. The van der Waals surface area contributed by atoms with E-state index in [1.54, 1.807) is 17.0 Å². The van der Waals surface area contributed by atoms with Gasteiger partial charge in [0.1, 0.15) is 0 Å². The monoisotopic (exact) mass is 298 g/mol. The van der Waals surface area contributed by atoms with E-state index in [1.807, 2.05) is 26.8 Å². The third kappa shape index (κ3) is 4.48. The van der Waals surface area contributed by atoms with Crippen molar-refractivity contribution in [2.24, 2.45) is 5.73 Å². The average Bonchev–Trinajstić information content (AvgIpc) is 2.27. The minimum Gasteiger partial charge on any atom is -0.393 e. The fraction of sp³-hybridized carbons (Fsp3) is 0.429. The standard InChI is InChI=1S/C14H19ClN2OS/c1-9(2)17(7-6-13(16)19)14(18)11-5-4-10(3)8-12(11)15/h4-5,8-9H,6-7H2,1-3H3,(H2,16,19). The molecular weight excluding hydrogens is 280 g/mol. The Kier molecular flexibility index (Phi) is 5.76. The van der Waals surface area contributed by atoms with E-state index in [4.69, 9.17) is 29.6 Å². The Morgan fingerprint density at radius 1 is 1.47 bits per heavy atom. The minimum absolute atomic E-state index is 0.0687. The van der Waals surface area contributed by atoms with Crippen LogP contribution in [0.25, 0.3) is 0 Å². The number of thiocarbonyl (C=S) groups is 1. The number of rotatable bonds is 5. The lowest BCUT2D eigenvalue weighted by molar-refractivity contribution is 0.0712. The van der Waals surface area contributed by atoms with Gasteiger partial charge in [-0.1, -0.05) is 29.9 Å². The van der Waals surface area contributed by atoms with Gasteiger partial charge in [0.05, 0.1) is 15.6 Å². The van der Waals surface area contributed by atoms with Crippen LogP contribution in [0.4, 0.5) is 0 Å².